The van der Waals surface area contributed by atoms with Crippen LogP contribution in [0.5, 0.6) is 0 Å². The molecule has 0 fully saturated rings. The van der Waals surface area contributed by atoms with Crippen LogP contribution in [0.1, 0.15) is 23.7 Å². The summed E-state index contributed by atoms with van der Waals surface area (Å²) in [7, 11) is 0. The summed E-state index contributed by atoms with van der Waals surface area (Å²) in [4.78, 5) is 14.5. The van der Waals surface area contributed by atoms with E-state index in [0.29, 0.717) is 6.54 Å². The average molecular weight is 224 g/mol. The first kappa shape index (κ1) is 12.2. The summed E-state index contributed by atoms with van der Waals surface area (Å²) in [6.45, 7) is 2.46. The van der Waals surface area contributed by atoms with Crippen LogP contribution in [-0.2, 0) is 0 Å². The van der Waals surface area contributed by atoms with Gasteiger partial charge in [0, 0.05) is 6.54 Å². The molecular formula is C11H13FN2O2. The quantitative estimate of drug-likeness (QED) is 0.595. The highest BCUT2D eigenvalue weighted by atomic mass is 19.1. The molecule has 1 aromatic heterocycles. The molecular weight excluding hydrogens is 211 g/mol. The second kappa shape index (κ2) is 5.85. The van der Waals surface area contributed by atoms with Crippen molar-refractivity contribution in [2.75, 3.05) is 11.9 Å². The Balaban J connectivity index is 2.75. The monoisotopic (exact) mass is 224 g/mol. The Morgan fingerprint density at radius 1 is 1.69 bits per heavy atom. The molecule has 0 atom stereocenters. The van der Waals surface area contributed by atoms with Gasteiger partial charge in [-0.1, -0.05) is 12.2 Å². The molecule has 0 unspecified atom stereocenters. The van der Waals surface area contributed by atoms with Gasteiger partial charge in [0.25, 0.3) is 0 Å². The third kappa shape index (κ3) is 3.34. The number of halogens is 1. The van der Waals surface area contributed by atoms with Crippen LogP contribution in [0.3, 0.4) is 0 Å². The van der Waals surface area contributed by atoms with E-state index in [4.69, 9.17) is 5.11 Å². The number of anilines is 1. The highest BCUT2D eigenvalue weighted by Gasteiger charge is 2.11. The Labute approximate surface area is 92.8 Å². The third-order valence-electron chi connectivity index (χ3n) is 1.92. The van der Waals surface area contributed by atoms with Crippen molar-refractivity contribution in [3.8, 4) is 0 Å². The smallest absolute Gasteiger partial charge is 0.339 e. The van der Waals surface area contributed by atoms with Crippen LogP contribution in [0.2, 0.25) is 0 Å². The molecule has 2 N–H and O–H groups in total. The number of hydrogen-bond acceptors (Lipinski definition) is 3. The van der Waals surface area contributed by atoms with Gasteiger partial charge < -0.3 is 10.4 Å². The van der Waals surface area contributed by atoms with E-state index in [-0.39, 0.29) is 11.4 Å². The van der Waals surface area contributed by atoms with Crippen molar-refractivity contribution in [2.45, 2.75) is 13.3 Å². The molecule has 0 aliphatic rings. The van der Waals surface area contributed by atoms with Gasteiger partial charge in [0.05, 0.1) is 6.20 Å². The van der Waals surface area contributed by atoms with Gasteiger partial charge in [0.1, 0.15) is 17.2 Å². The van der Waals surface area contributed by atoms with Crippen molar-refractivity contribution in [1.82, 2.24) is 4.98 Å². The van der Waals surface area contributed by atoms with Gasteiger partial charge in [0.15, 0.2) is 0 Å². The first-order valence-electron chi connectivity index (χ1n) is 4.89. The van der Waals surface area contributed by atoms with Crippen LogP contribution in [0.4, 0.5) is 10.2 Å². The lowest BCUT2D eigenvalue weighted by Gasteiger charge is -2.06. The fourth-order valence-electron chi connectivity index (χ4n) is 1.18. The molecule has 0 aliphatic heterocycles. The molecule has 1 heterocycles. The summed E-state index contributed by atoms with van der Waals surface area (Å²) in [5.74, 6) is -1.66. The lowest BCUT2D eigenvalue weighted by atomic mass is 10.2. The first-order chi connectivity index (χ1) is 7.65. The molecule has 0 spiro atoms. The third-order valence-corrected chi connectivity index (χ3v) is 1.92. The fraction of sp³-hybridized carbons (Fsp3) is 0.273. The van der Waals surface area contributed by atoms with Crippen LogP contribution >= 0.6 is 0 Å². The van der Waals surface area contributed by atoms with Gasteiger partial charge >= 0.3 is 5.97 Å². The number of aromatic carboxylic acids is 1. The minimum Gasteiger partial charge on any atom is -0.478 e. The Morgan fingerprint density at radius 3 is 3.06 bits per heavy atom. The van der Waals surface area contributed by atoms with Gasteiger partial charge in [-0.15, -0.1) is 0 Å². The average Bonchev–Trinajstić information content (AvgIpc) is 2.26. The summed E-state index contributed by atoms with van der Waals surface area (Å²) in [6.07, 6.45) is 5.59. The van der Waals surface area contributed by atoms with Crippen molar-refractivity contribution >= 4 is 11.8 Å². The standard InChI is InChI=1S/C11H13FN2O2/c1-2-3-4-5-13-10-9(11(15)16)6-8(12)7-14-10/h2-3,6-7H,4-5H2,1H3,(H,13,14)(H,15,16)/b3-2+. The fourth-order valence-corrected chi connectivity index (χ4v) is 1.18. The highest BCUT2D eigenvalue weighted by Crippen LogP contribution is 2.13. The SMILES string of the molecule is C/C=C/CCNc1ncc(F)cc1C(=O)O. The Hall–Kier alpha value is -1.91. The van der Waals surface area contributed by atoms with Gasteiger partial charge in [-0.2, -0.15) is 0 Å². The molecule has 86 valence electrons. The Kier molecular flexibility index (Phi) is 4.44. The number of hydrogen-bond donors (Lipinski definition) is 2. The summed E-state index contributed by atoms with van der Waals surface area (Å²) in [5.41, 5.74) is -0.152. The Morgan fingerprint density at radius 2 is 2.44 bits per heavy atom. The van der Waals surface area contributed by atoms with Crippen molar-refractivity contribution in [3.05, 3.63) is 35.8 Å². The maximum Gasteiger partial charge on any atom is 0.339 e. The predicted octanol–water partition coefficient (Wildman–Crippen LogP) is 2.30. The Bertz CT molecular complexity index is 405. The van der Waals surface area contributed by atoms with E-state index < -0.39 is 11.8 Å². The van der Waals surface area contributed by atoms with E-state index >= 15 is 0 Å². The first-order valence-corrected chi connectivity index (χ1v) is 4.89. The van der Waals surface area contributed by atoms with E-state index in [9.17, 15) is 9.18 Å². The molecule has 5 heteroatoms. The van der Waals surface area contributed by atoms with E-state index in [0.717, 1.165) is 18.7 Å². The number of rotatable bonds is 5. The van der Waals surface area contributed by atoms with Crippen molar-refractivity contribution in [3.63, 3.8) is 0 Å². The van der Waals surface area contributed by atoms with Crippen molar-refractivity contribution in [2.24, 2.45) is 0 Å². The second-order valence-electron chi connectivity index (χ2n) is 3.14. The maximum absolute atomic E-state index is 12.8. The minimum absolute atomic E-state index is 0.152. The largest absolute Gasteiger partial charge is 0.478 e. The lowest BCUT2D eigenvalue weighted by molar-refractivity contribution is 0.0697. The second-order valence-corrected chi connectivity index (χ2v) is 3.14. The zero-order valence-corrected chi connectivity index (χ0v) is 8.90. The van der Waals surface area contributed by atoms with Crippen molar-refractivity contribution in [1.29, 1.82) is 0 Å². The number of nitrogens with zero attached hydrogens (tertiary/aromatic N) is 1. The summed E-state index contributed by atoms with van der Waals surface area (Å²) in [5, 5.41) is 11.7. The molecule has 1 rings (SSSR count). The molecule has 0 saturated heterocycles. The van der Waals surface area contributed by atoms with Gasteiger partial charge in [-0.3, -0.25) is 0 Å². The molecule has 4 nitrogen and oxygen atoms in total. The summed E-state index contributed by atoms with van der Waals surface area (Å²) in [6, 6.07) is 0.952. The molecule has 0 saturated carbocycles. The zero-order valence-electron chi connectivity index (χ0n) is 8.90. The number of aromatic nitrogens is 1. The molecule has 0 radical (unpaired) electrons. The number of carboxylic acid groups (broad SMARTS) is 1. The molecule has 0 amide bonds. The summed E-state index contributed by atoms with van der Waals surface area (Å²) >= 11 is 0. The van der Waals surface area contributed by atoms with Crippen LogP contribution < -0.4 is 5.32 Å². The van der Waals surface area contributed by atoms with E-state index in [2.05, 4.69) is 10.3 Å². The molecule has 16 heavy (non-hydrogen) atoms. The number of carbonyl (C=O) groups is 1. The molecule has 0 aromatic carbocycles. The van der Waals surface area contributed by atoms with Crippen LogP contribution in [0.15, 0.2) is 24.4 Å². The van der Waals surface area contributed by atoms with E-state index in [1.165, 1.54) is 0 Å². The number of pyridine rings is 1. The van der Waals surface area contributed by atoms with Crippen molar-refractivity contribution < 1.29 is 14.3 Å². The van der Waals surface area contributed by atoms with Gasteiger partial charge in [-0.05, 0) is 19.4 Å². The number of allylic oxidation sites excluding steroid dienone is 1. The zero-order chi connectivity index (χ0) is 12.0. The van der Waals surface area contributed by atoms with Gasteiger partial charge in [-0.25, -0.2) is 14.2 Å². The molecule has 0 bridgehead atoms. The number of nitrogens with one attached hydrogen (secondary N) is 1. The van der Waals surface area contributed by atoms with E-state index in [1.807, 2.05) is 19.1 Å². The molecule has 1 aromatic rings. The molecule has 0 aliphatic carbocycles. The lowest BCUT2D eigenvalue weighted by Crippen LogP contribution is -2.09. The summed E-state index contributed by atoms with van der Waals surface area (Å²) < 4.78 is 12.8. The maximum atomic E-state index is 12.8. The minimum atomic E-state index is -1.19. The normalized spacial score (nSPS) is 10.6. The van der Waals surface area contributed by atoms with Crippen LogP contribution in [0.25, 0.3) is 0 Å². The van der Waals surface area contributed by atoms with Gasteiger partial charge in [0.2, 0.25) is 0 Å². The predicted molar refractivity (Wildman–Crippen MR) is 59.1 cm³/mol. The van der Waals surface area contributed by atoms with E-state index in [1.54, 1.807) is 0 Å². The number of carboxylic acids is 1. The van der Waals surface area contributed by atoms with Crippen LogP contribution in [-0.4, -0.2) is 22.6 Å². The highest BCUT2D eigenvalue weighted by molar-refractivity contribution is 5.93. The topological polar surface area (TPSA) is 62.2 Å². The van der Waals surface area contributed by atoms with Crippen LogP contribution in [0, 0.1) is 5.82 Å².